The van der Waals surface area contributed by atoms with Crippen molar-refractivity contribution in [1.29, 1.82) is 0 Å². The summed E-state index contributed by atoms with van der Waals surface area (Å²) < 4.78 is 26.4. The van der Waals surface area contributed by atoms with Crippen LogP contribution in [0.25, 0.3) is 0 Å². The first kappa shape index (κ1) is 20.6. The largest absolute Gasteiger partial charge is 0.346 e. The fraction of sp³-hybridized carbons (Fsp3) is 0.263. The summed E-state index contributed by atoms with van der Waals surface area (Å²) in [5.41, 5.74) is 3.73. The molecule has 3 N–H and O–H groups in total. The minimum atomic E-state index is -3.78. The highest BCUT2D eigenvalue weighted by atomic mass is 32.2. The molecule has 0 saturated carbocycles. The van der Waals surface area contributed by atoms with Gasteiger partial charge in [0, 0.05) is 5.69 Å². The predicted octanol–water partition coefficient (Wildman–Crippen LogP) is 1.65. The Hall–Kier alpha value is -2.71. The van der Waals surface area contributed by atoms with Crippen molar-refractivity contribution in [2.45, 2.75) is 25.7 Å². The van der Waals surface area contributed by atoms with Gasteiger partial charge in [-0.3, -0.25) is 9.59 Å². The van der Waals surface area contributed by atoms with Gasteiger partial charge in [0.1, 0.15) is 0 Å². The van der Waals surface area contributed by atoms with Gasteiger partial charge >= 0.3 is 0 Å². The van der Waals surface area contributed by atoms with Crippen molar-refractivity contribution in [3.63, 3.8) is 0 Å². The number of anilines is 1. The molecular formula is C19H23N3O4S. The van der Waals surface area contributed by atoms with Crippen LogP contribution in [0.1, 0.15) is 16.7 Å². The molecule has 0 heterocycles. The van der Waals surface area contributed by atoms with Gasteiger partial charge in [0.2, 0.25) is 21.8 Å². The highest BCUT2D eigenvalue weighted by molar-refractivity contribution is 7.89. The summed E-state index contributed by atoms with van der Waals surface area (Å²) in [7, 11) is -3.78. The van der Waals surface area contributed by atoms with E-state index in [1.165, 1.54) is 12.1 Å². The summed E-state index contributed by atoms with van der Waals surface area (Å²) in [4.78, 5) is 23.8. The quantitative estimate of drug-likeness (QED) is 0.670. The summed E-state index contributed by atoms with van der Waals surface area (Å²) in [6, 6.07) is 11.8. The van der Waals surface area contributed by atoms with Gasteiger partial charge in [0.15, 0.2) is 0 Å². The molecular weight excluding hydrogens is 366 g/mol. The van der Waals surface area contributed by atoms with Crippen molar-refractivity contribution < 1.29 is 18.0 Å². The van der Waals surface area contributed by atoms with Crippen molar-refractivity contribution in [2.24, 2.45) is 0 Å². The van der Waals surface area contributed by atoms with Crippen LogP contribution in [0, 0.1) is 20.8 Å². The molecule has 8 heteroatoms. The third-order valence-corrected chi connectivity index (χ3v) is 5.41. The SMILES string of the molecule is Cc1ccc(S(=O)(=O)NCC(=O)NCC(=O)Nc2ccc(C)c(C)c2)cc1. The second-order valence-electron chi connectivity index (χ2n) is 6.26. The summed E-state index contributed by atoms with van der Waals surface area (Å²) in [5, 5.41) is 5.06. The van der Waals surface area contributed by atoms with Crippen LogP contribution in [0.4, 0.5) is 5.69 Å². The number of hydrogen-bond donors (Lipinski definition) is 3. The molecule has 0 fully saturated rings. The molecule has 0 spiro atoms. The number of nitrogens with one attached hydrogen (secondary N) is 3. The lowest BCUT2D eigenvalue weighted by atomic mass is 10.1. The molecule has 0 aliphatic rings. The number of rotatable bonds is 7. The Morgan fingerprint density at radius 2 is 1.52 bits per heavy atom. The summed E-state index contributed by atoms with van der Waals surface area (Å²) >= 11 is 0. The molecule has 0 bridgehead atoms. The van der Waals surface area contributed by atoms with Gasteiger partial charge in [-0.1, -0.05) is 23.8 Å². The van der Waals surface area contributed by atoms with Crippen molar-refractivity contribution >= 4 is 27.5 Å². The number of carbonyl (C=O) groups is 2. The molecule has 0 unspecified atom stereocenters. The summed E-state index contributed by atoms with van der Waals surface area (Å²) in [5.74, 6) is -0.992. The third kappa shape index (κ3) is 6.19. The molecule has 0 atom stereocenters. The number of amides is 2. The lowest BCUT2D eigenvalue weighted by Crippen LogP contribution is -2.40. The van der Waals surface area contributed by atoms with Crippen LogP contribution in [0.15, 0.2) is 47.4 Å². The van der Waals surface area contributed by atoms with E-state index in [1.54, 1.807) is 18.2 Å². The van der Waals surface area contributed by atoms with Gasteiger partial charge in [-0.25, -0.2) is 13.1 Å². The summed E-state index contributed by atoms with van der Waals surface area (Å²) in [6.45, 7) is 5.05. The average Bonchev–Trinajstić information content (AvgIpc) is 2.62. The van der Waals surface area contributed by atoms with Gasteiger partial charge in [-0.15, -0.1) is 0 Å². The summed E-state index contributed by atoms with van der Waals surface area (Å²) in [6.07, 6.45) is 0. The lowest BCUT2D eigenvalue weighted by Gasteiger charge is -2.10. The molecule has 0 aliphatic carbocycles. The van der Waals surface area contributed by atoms with E-state index in [1.807, 2.05) is 32.9 Å². The maximum atomic E-state index is 12.1. The Balaban J connectivity index is 1.80. The number of carbonyl (C=O) groups excluding carboxylic acids is 2. The highest BCUT2D eigenvalue weighted by Crippen LogP contribution is 2.13. The zero-order valence-corrected chi connectivity index (χ0v) is 16.3. The molecule has 0 aliphatic heterocycles. The average molecular weight is 389 g/mol. The smallest absolute Gasteiger partial charge is 0.243 e. The minimum Gasteiger partial charge on any atom is -0.346 e. The Morgan fingerprint density at radius 1 is 0.852 bits per heavy atom. The van der Waals surface area contributed by atoms with Crippen molar-refractivity contribution in [1.82, 2.24) is 10.0 Å². The Morgan fingerprint density at radius 3 is 2.15 bits per heavy atom. The molecule has 2 aromatic rings. The molecule has 7 nitrogen and oxygen atoms in total. The molecule has 144 valence electrons. The standard InChI is InChI=1S/C19H23N3O4S/c1-13-4-8-17(9-5-13)27(25,26)21-12-18(23)20-11-19(24)22-16-7-6-14(2)15(3)10-16/h4-10,21H,11-12H2,1-3H3,(H,20,23)(H,22,24). The molecule has 2 aromatic carbocycles. The zero-order chi connectivity index (χ0) is 20.0. The number of benzene rings is 2. The van der Waals surface area contributed by atoms with Crippen molar-refractivity contribution in [3.05, 3.63) is 59.2 Å². The Labute approximate surface area is 159 Å². The van der Waals surface area contributed by atoms with Crippen LogP contribution in [-0.4, -0.2) is 33.3 Å². The first-order valence-electron chi connectivity index (χ1n) is 8.37. The third-order valence-electron chi connectivity index (χ3n) is 3.99. The molecule has 27 heavy (non-hydrogen) atoms. The normalized spacial score (nSPS) is 11.1. The Kier molecular flexibility index (Phi) is 6.70. The van der Waals surface area contributed by atoms with Gasteiger partial charge in [-0.05, 0) is 56.2 Å². The second-order valence-corrected chi connectivity index (χ2v) is 8.03. The Bertz CT molecular complexity index is 938. The van der Waals surface area contributed by atoms with E-state index in [0.717, 1.165) is 16.7 Å². The van der Waals surface area contributed by atoms with Crippen LogP contribution in [-0.2, 0) is 19.6 Å². The van der Waals surface area contributed by atoms with Crippen LogP contribution in [0.5, 0.6) is 0 Å². The van der Waals surface area contributed by atoms with Crippen molar-refractivity contribution in [3.8, 4) is 0 Å². The maximum Gasteiger partial charge on any atom is 0.243 e. The highest BCUT2D eigenvalue weighted by Gasteiger charge is 2.15. The first-order valence-corrected chi connectivity index (χ1v) is 9.86. The van der Waals surface area contributed by atoms with Crippen LogP contribution in [0.3, 0.4) is 0 Å². The fourth-order valence-electron chi connectivity index (χ4n) is 2.23. The first-order chi connectivity index (χ1) is 12.7. The predicted molar refractivity (Wildman–Crippen MR) is 104 cm³/mol. The van der Waals surface area contributed by atoms with Gasteiger partial charge in [0.25, 0.3) is 0 Å². The van der Waals surface area contributed by atoms with E-state index < -0.39 is 28.4 Å². The van der Waals surface area contributed by atoms with Crippen LogP contribution >= 0.6 is 0 Å². The monoisotopic (exact) mass is 389 g/mol. The molecule has 0 saturated heterocycles. The number of sulfonamides is 1. The van der Waals surface area contributed by atoms with Crippen LogP contribution in [0.2, 0.25) is 0 Å². The van der Waals surface area contributed by atoms with Gasteiger partial charge in [0.05, 0.1) is 18.0 Å². The zero-order valence-electron chi connectivity index (χ0n) is 15.5. The molecule has 2 rings (SSSR count). The van der Waals surface area contributed by atoms with E-state index in [9.17, 15) is 18.0 Å². The number of aryl methyl sites for hydroxylation is 3. The van der Waals surface area contributed by atoms with E-state index in [-0.39, 0.29) is 11.4 Å². The minimum absolute atomic E-state index is 0.0772. The van der Waals surface area contributed by atoms with Gasteiger partial charge in [-0.2, -0.15) is 0 Å². The number of hydrogen-bond acceptors (Lipinski definition) is 4. The molecule has 2 amide bonds. The fourth-order valence-corrected chi connectivity index (χ4v) is 3.21. The van der Waals surface area contributed by atoms with E-state index in [0.29, 0.717) is 5.69 Å². The van der Waals surface area contributed by atoms with Crippen LogP contribution < -0.4 is 15.4 Å². The lowest BCUT2D eigenvalue weighted by molar-refractivity contribution is -0.123. The topological polar surface area (TPSA) is 104 Å². The second kappa shape index (κ2) is 8.79. The molecule has 0 aromatic heterocycles. The van der Waals surface area contributed by atoms with E-state index in [2.05, 4.69) is 15.4 Å². The van der Waals surface area contributed by atoms with E-state index >= 15 is 0 Å². The van der Waals surface area contributed by atoms with Gasteiger partial charge < -0.3 is 10.6 Å². The van der Waals surface area contributed by atoms with Crippen molar-refractivity contribution in [2.75, 3.05) is 18.4 Å². The maximum absolute atomic E-state index is 12.1. The molecule has 0 radical (unpaired) electrons. The van der Waals surface area contributed by atoms with E-state index in [4.69, 9.17) is 0 Å².